The van der Waals surface area contributed by atoms with Crippen molar-refractivity contribution in [2.75, 3.05) is 6.61 Å². The van der Waals surface area contributed by atoms with Crippen LogP contribution >= 0.6 is 0 Å². The summed E-state index contributed by atoms with van der Waals surface area (Å²) in [7, 11) is -0.642. The van der Waals surface area contributed by atoms with Crippen LogP contribution in [0.5, 0.6) is 5.88 Å². The standard InChI is InChI=1S/C27H47N3O2Si/c1-5-7-9-10-11-17-31-26-16-15-24(18-29-26)25-19-28-20-27(30-25)32-33-21-23(4)14-13-22(3)12-8-6-2/h15-16,18-20,22-23,26,29H,5-14,17,21,33H2,1-4H3. The highest BCUT2D eigenvalue weighted by Crippen LogP contribution is 2.21. The molecule has 0 aromatic carbocycles. The van der Waals surface area contributed by atoms with Crippen molar-refractivity contribution >= 4 is 15.3 Å². The van der Waals surface area contributed by atoms with Gasteiger partial charge in [0.05, 0.1) is 18.1 Å². The van der Waals surface area contributed by atoms with Crippen LogP contribution < -0.4 is 9.74 Å². The minimum Gasteiger partial charge on any atom is -0.535 e. The number of unbranched alkanes of at least 4 members (excludes halogenated alkanes) is 5. The summed E-state index contributed by atoms with van der Waals surface area (Å²) in [6.45, 7) is 10.1. The van der Waals surface area contributed by atoms with E-state index in [1.807, 2.05) is 6.20 Å². The Bertz CT molecular complexity index is 710. The Morgan fingerprint density at radius 3 is 2.52 bits per heavy atom. The highest BCUT2D eigenvalue weighted by Gasteiger charge is 2.12. The zero-order chi connectivity index (χ0) is 23.7. The van der Waals surface area contributed by atoms with Crippen LogP contribution in [0.4, 0.5) is 0 Å². The van der Waals surface area contributed by atoms with Gasteiger partial charge in [-0.25, -0.2) is 4.98 Å². The van der Waals surface area contributed by atoms with Crippen molar-refractivity contribution in [2.45, 2.75) is 104 Å². The Kier molecular flexibility index (Phi) is 14.1. The van der Waals surface area contributed by atoms with Crippen LogP contribution in [0.1, 0.15) is 97.6 Å². The zero-order valence-electron chi connectivity index (χ0n) is 21.5. The van der Waals surface area contributed by atoms with E-state index in [1.54, 1.807) is 12.4 Å². The molecule has 33 heavy (non-hydrogen) atoms. The van der Waals surface area contributed by atoms with Crippen LogP contribution in [0.15, 0.2) is 30.7 Å². The lowest BCUT2D eigenvalue weighted by atomic mass is 9.95. The van der Waals surface area contributed by atoms with Gasteiger partial charge >= 0.3 is 0 Å². The monoisotopic (exact) mass is 473 g/mol. The summed E-state index contributed by atoms with van der Waals surface area (Å²) < 4.78 is 12.0. The molecule has 0 saturated heterocycles. The molecule has 1 aromatic heterocycles. The first-order valence-corrected chi connectivity index (χ1v) is 14.9. The summed E-state index contributed by atoms with van der Waals surface area (Å²) in [5.74, 6) is 2.23. The second-order valence-electron chi connectivity index (χ2n) is 9.64. The van der Waals surface area contributed by atoms with Gasteiger partial charge in [-0.05, 0) is 30.4 Å². The molecule has 1 aromatic rings. The topological polar surface area (TPSA) is 56.3 Å². The van der Waals surface area contributed by atoms with Gasteiger partial charge in [-0.15, -0.1) is 0 Å². The molecule has 1 aliphatic rings. The molecule has 2 rings (SSSR count). The summed E-state index contributed by atoms with van der Waals surface area (Å²) in [6.07, 6.45) is 22.5. The number of hydrogen-bond donors (Lipinski definition) is 1. The minimum absolute atomic E-state index is 0.0640. The molecule has 3 atom stereocenters. The van der Waals surface area contributed by atoms with E-state index in [-0.39, 0.29) is 6.23 Å². The van der Waals surface area contributed by atoms with Gasteiger partial charge in [-0.3, -0.25) is 4.98 Å². The van der Waals surface area contributed by atoms with Gasteiger partial charge in [0, 0.05) is 18.4 Å². The number of rotatable bonds is 18. The fourth-order valence-corrected chi connectivity index (χ4v) is 5.13. The van der Waals surface area contributed by atoms with Gasteiger partial charge in [-0.2, -0.15) is 0 Å². The summed E-state index contributed by atoms with van der Waals surface area (Å²) in [6, 6.07) is 1.19. The lowest BCUT2D eigenvalue weighted by Gasteiger charge is -2.19. The highest BCUT2D eigenvalue weighted by molar-refractivity contribution is 6.28. The maximum Gasteiger partial charge on any atom is 0.221 e. The molecule has 5 nitrogen and oxygen atoms in total. The minimum atomic E-state index is -0.642. The predicted molar refractivity (Wildman–Crippen MR) is 142 cm³/mol. The second kappa shape index (κ2) is 16.9. The quantitative estimate of drug-likeness (QED) is 0.197. The van der Waals surface area contributed by atoms with E-state index in [0.717, 1.165) is 36.1 Å². The third-order valence-corrected chi connectivity index (χ3v) is 8.09. The zero-order valence-corrected chi connectivity index (χ0v) is 22.9. The summed E-state index contributed by atoms with van der Waals surface area (Å²) >= 11 is 0. The number of ether oxygens (including phenoxy) is 1. The van der Waals surface area contributed by atoms with Crippen molar-refractivity contribution in [3.63, 3.8) is 0 Å². The average Bonchev–Trinajstić information content (AvgIpc) is 2.84. The smallest absolute Gasteiger partial charge is 0.221 e. The molecule has 1 N–H and O–H groups in total. The first-order valence-electron chi connectivity index (χ1n) is 13.3. The molecule has 0 spiro atoms. The summed E-state index contributed by atoms with van der Waals surface area (Å²) in [4.78, 5) is 9.03. The Balaban J connectivity index is 1.67. The third kappa shape index (κ3) is 11.9. The fraction of sp³-hybridized carbons (Fsp3) is 0.704. The van der Waals surface area contributed by atoms with Gasteiger partial charge in [-0.1, -0.05) is 91.6 Å². The molecule has 0 amide bonds. The summed E-state index contributed by atoms with van der Waals surface area (Å²) in [5.41, 5.74) is 1.84. The highest BCUT2D eigenvalue weighted by atomic mass is 28.2. The number of allylic oxidation sites excluding steroid dienone is 2. The van der Waals surface area contributed by atoms with Crippen LogP contribution in [-0.4, -0.2) is 32.6 Å². The number of hydrogen-bond acceptors (Lipinski definition) is 5. The molecule has 3 unspecified atom stereocenters. The van der Waals surface area contributed by atoms with Gasteiger partial charge in [0.1, 0.15) is 6.23 Å². The molecule has 2 heterocycles. The van der Waals surface area contributed by atoms with Crippen molar-refractivity contribution in [2.24, 2.45) is 11.8 Å². The molecule has 1 aliphatic heterocycles. The normalized spacial score (nSPS) is 17.7. The molecule has 0 fully saturated rings. The van der Waals surface area contributed by atoms with Crippen LogP contribution in [-0.2, 0) is 4.74 Å². The second-order valence-corrected chi connectivity index (χ2v) is 10.9. The van der Waals surface area contributed by atoms with Gasteiger partial charge < -0.3 is 14.5 Å². The maximum atomic E-state index is 6.06. The number of dihydropyridines is 1. The SMILES string of the molecule is CCCCCCCOC1C=CC(c2cncc(O[SiH2]CC(C)CCC(C)CCCC)n2)=CN1. The Morgan fingerprint density at radius 1 is 0.970 bits per heavy atom. The van der Waals surface area contributed by atoms with Crippen LogP contribution in [0.3, 0.4) is 0 Å². The lowest BCUT2D eigenvalue weighted by molar-refractivity contribution is 0.0682. The van der Waals surface area contributed by atoms with Gasteiger partial charge in [0.15, 0.2) is 0 Å². The Hall–Kier alpha value is -1.66. The molecular formula is C27H47N3O2Si. The average molecular weight is 474 g/mol. The van der Waals surface area contributed by atoms with Crippen molar-refractivity contribution < 1.29 is 9.16 Å². The largest absolute Gasteiger partial charge is 0.535 e. The lowest BCUT2D eigenvalue weighted by Crippen LogP contribution is -2.28. The fourth-order valence-electron chi connectivity index (χ4n) is 3.98. The van der Waals surface area contributed by atoms with E-state index in [2.05, 4.69) is 55.1 Å². The maximum absolute atomic E-state index is 6.06. The molecule has 0 aliphatic carbocycles. The van der Waals surface area contributed by atoms with E-state index in [9.17, 15) is 0 Å². The predicted octanol–water partition coefficient (Wildman–Crippen LogP) is 6.41. The summed E-state index contributed by atoms with van der Waals surface area (Å²) in [5, 5.41) is 3.31. The van der Waals surface area contributed by atoms with Crippen LogP contribution in [0.2, 0.25) is 6.04 Å². The first kappa shape index (κ1) is 27.6. The van der Waals surface area contributed by atoms with E-state index in [0.29, 0.717) is 5.88 Å². The van der Waals surface area contributed by atoms with E-state index < -0.39 is 9.76 Å². The Labute approximate surface area is 204 Å². The molecule has 186 valence electrons. The molecule has 0 bridgehead atoms. The molecular weight excluding hydrogens is 426 g/mol. The number of aromatic nitrogens is 2. The van der Waals surface area contributed by atoms with E-state index >= 15 is 0 Å². The molecule has 0 saturated carbocycles. The Morgan fingerprint density at radius 2 is 1.76 bits per heavy atom. The van der Waals surface area contributed by atoms with Crippen molar-refractivity contribution in [1.82, 2.24) is 15.3 Å². The van der Waals surface area contributed by atoms with Crippen LogP contribution in [0.25, 0.3) is 5.57 Å². The van der Waals surface area contributed by atoms with Gasteiger partial charge in [0.2, 0.25) is 15.6 Å². The number of nitrogens with zero attached hydrogens (tertiary/aromatic N) is 2. The van der Waals surface area contributed by atoms with Crippen molar-refractivity contribution in [3.05, 3.63) is 36.4 Å². The molecule has 6 heteroatoms. The first-order chi connectivity index (χ1) is 16.1. The van der Waals surface area contributed by atoms with Crippen molar-refractivity contribution in [3.8, 4) is 5.88 Å². The molecule has 0 radical (unpaired) electrons. The number of nitrogens with one attached hydrogen (secondary N) is 1. The van der Waals surface area contributed by atoms with Gasteiger partial charge in [0.25, 0.3) is 0 Å². The van der Waals surface area contributed by atoms with E-state index in [1.165, 1.54) is 63.8 Å². The van der Waals surface area contributed by atoms with Crippen LogP contribution in [0, 0.1) is 11.8 Å². The van der Waals surface area contributed by atoms with Crippen molar-refractivity contribution in [1.29, 1.82) is 0 Å². The third-order valence-electron chi connectivity index (χ3n) is 6.37. The van der Waals surface area contributed by atoms with E-state index in [4.69, 9.17) is 9.16 Å².